The predicted molar refractivity (Wildman–Crippen MR) is 112 cm³/mol. The summed E-state index contributed by atoms with van der Waals surface area (Å²) in [6, 6.07) is 18.5. The third-order valence-corrected chi connectivity index (χ3v) is 5.22. The first-order valence-corrected chi connectivity index (χ1v) is 9.51. The van der Waals surface area contributed by atoms with Crippen LogP contribution < -0.4 is 15.8 Å². The highest BCUT2D eigenvalue weighted by atomic mass is 16.5. The number of amides is 1. The summed E-state index contributed by atoms with van der Waals surface area (Å²) < 4.78 is 5.85. The van der Waals surface area contributed by atoms with Gasteiger partial charge in [0.1, 0.15) is 11.6 Å². The van der Waals surface area contributed by atoms with Gasteiger partial charge in [0.15, 0.2) is 0 Å². The second-order valence-corrected chi connectivity index (χ2v) is 7.28. The van der Waals surface area contributed by atoms with Gasteiger partial charge in [-0.2, -0.15) is 0 Å². The second kappa shape index (κ2) is 7.72. The van der Waals surface area contributed by atoms with Crippen molar-refractivity contribution in [3.63, 3.8) is 0 Å². The molecule has 0 aromatic heterocycles. The van der Waals surface area contributed by atoms with Crippen LogP contribution in [0.3, 0.4) is 0 Å². The minimum Gasteiger partial charge on any atom is -0.493 e. The van der Waals surface area contributed by atoms with E-state index in [1.165, 1.54) is 19.3 Å². The van der Waals surface area contributed by atoms with E-state index < -0.39 is 0 Å². The van der Waals surface area contributed by atoms with Gasteiger partial charge in [-0.3, -0.25) is 10.2 Å². The molecule has 0 spiro atoms. The highest BCUT2D eigenvalue weighted by molar-refractivity contribution is 6.07. The Morgan fingerprint density at radius 1 is 1.04 bits per heavy atom. The van der Waals surface area contributed by atoms with Gasteiger partial charge < -0.3 is 15.8 Å². The zero-order valence-corrected chi connectivity index (χ0v) is 15.6. The van der Waals surface area contributed by atoms with Crippen molar-refractivity contribution >= 4 is 28.2 Å². The Bertz CT molecular complexity index is 1040. The third-order valence-electron chi connectivity index (χ3n) is 5.22. The maximum Gasteiger partial charge on any atom is 0.255 e. The lowest BCUT2D eigenvalue weighted by Crippen LogP contribution is -2.19. The van der Waals surface area contributed by atoms with Crippen molar-refractivity contribution < 1.29 is 9.53 Å². The molecule has 28 heavy (non-hydrogen) atoms. The smallest absolute Gasteiger partial charge is 0.255 e. The molecule has 0 heterocycles. The van der Waals surface area contributed by atoms with Crippen molar-refractivity contribution in [1.82, 2.24) is 0 Å². The molecule has 1 aliphatic rings. The van der Waals surface area contributed by atoms with Gasteiger partial charge in [-0.1, -0.05) is 30.7 Å². The molecule has 0 atom stereocenters. The Kier molecular flexibility index (Phi) is 4.98. The van der Waals surface area contributed by atoms with Crippen LogP contribution in [0.25, 0.3) is 10.8 Å². The summed E-state index contributed by atoms with van der Waals surface area (Å²) >= 11 is 0. The van der Waals surface area contributed by atoms with E-state index in [4.69, 9.17) is 15.9 Å². The Morgan fingerprint density at radius 3 is 2.43 bits per heavy atom. The molecular weight excluding hydrogens is 350 g/mol. The van der Waals surface area contributed by atoms with Crippen molar-refractivity contribution in [3.05, 3.63) is 71.8 Å². The van der Waals surface area contributed by atoms with Crippen molar-refractivity contribution in [2.24, 2.45) is 11.7 Å². The van der Waals surface area contributed by atoms with Gasteiger partial charge in [0.05, 0.1) is 6.61 Å². The first kappa shape index (κ1) is 18.0. The zero-order valence-electron chi connectivity index (χ0n) is 15.6. The van der Waals surface area contributed by atoms with Crippen molar-refractivity contribution in [2.75, 3.05) is 11.9 Å². The van der Waals surface area contributed by atoms with Gasteiger partial charge in [0, 0.05) is 22.9 Å². The van der Waals surface area contributed by atoms with Crippen molar-refractivity contribution in [1.29, 1.82) is 5.41 Å². The van der Waals surface area contributed by atoms with Crippen LogP contribution in [-0.4, -0.2) is 18.3 Å². The van der Waals surface area contributed by atoms with Crippen LogP contribution in [0.15, 0.2) is 60.7 Å². The molecule has 5 heteroatoms. The Hall–Kier alpha value is -3.34. The highest BCUT2D eigenvalue weighted by Crippen LogP contribution is 2.28. The van der Waals surface area contributed by atoms with Crippen LogP contribution >= 0.6 is 0 Å². The molecule has 0 radical (unpaired) electrons. The van der Waals surface area contributed by atoms with Gasteiger partial charge in [-0.05, 0) is 59.9 Å². The van der Waals surface area contributed by atoms with Crippen molar-refractivity contribution in [2.45, 2.75) is 19.3 Å². The zero-order chi connectivity index (χ0) is 19.5. The number of nitrogen functional groups attached to an aromatic ring is 1. The molecule has 1 amide bonds. The molecule has 0 aliphatic heterocycles. The van der Waals surface area contributed by atoms with Crippen LogP contribution in [0.4, 0.5) is 5.69 Å². The van der Waals surface area contributed by atoms with Crippen LogP contribution in [0.1, 0.15) is 35.2 Å². The minimum absolute atomic E-state index is 0.0307. The number of rotatable bonds is 6. The van der Waals surface area contributed by atoms with Gasteiger partial charge in [0.2, 0.25) is 0 Å². The number of nitrogens with two attached hydrogens (primary N) is 1. The molecule has 3 aromatic carbocycles. The van der Waals surface area contributed by atoms with Crippen LogP contribution in [0, 0.1) is 11.3 Å². The van der Waals surface area contributed by atoms with E-state index in [-0.39, 0.29) is 11.7 Å². The third kappa shape index (κ3) is 3.98. The summed E-state index contributed by atoms with van der Waals surface area (Å²) in [5.41, 5.74) is 7.49. The number of benzene rings is 3. The number of carbonyl (C=O) groups is 1. The van der Waals surface area contributed by atoms with Crippen LogP contribution in [0.2, 0.25) is 0 Å². The fourth-order valence-corrected chi connectivity index (χ4v) is 3.29. The molecule has 3 aromatic rings. The topological polar surface area (TPSA) is 88.2 Å². The van der Waals surface area contributed by atoms with Gasteiger partial charge >= 0.3 is 0 Å². The Morgan fingerprint density at radius 2 is 1.75 bits per heavy atom. The molecular formula is C23H23N3O2. The fraction of sp³-hybridized carbons (Fsp3) is 0.217. The SMILES string of the molecule is N=C(N)c1ccc2cc(C(=O)Nc3cccc(OCC4CCC4)c3)ccc2c1. The minimum atomic E-state index is -0.173. The number of nitrogens with one attached hydrogen (secondary N) is 2. The summed E-state index contributed by atoms with van der Waals surface area (Å²) in [5, 5.41) is 12.3. The number of hydrogen-bond donors (Lipinski definition) is 3. The molecule has 142 valence electrons. The Labute approximate surface area is 164 Å². The molecule has 0 bridgehead atoms. The standard InChI is InChI=1S/C23H23N3O2/c24-22(25)18-9-7-17-12-19(10-8-16(17)11-18)23(27)26-20-5-2-6-21(13-20)28-14-15-3-1-4-15/h2,5-13,15H,1,3-4,14H2,(H3,24,25)(H,26,27). The number of hydrogen-bond acceptors (Lipinski definition) is 3. The summed E-state index contributed by atoms with van der Waals surface area (Å²) in [7, 11) is 0. The summed E-state index contributed by atoms with van der Waals surface area (Å²) in [5.74, 6) is 1.30. The quantitative estimate of drug-likeness (QED) is 0.437. The average molecular weight is 373 g/mol. The summed E-state index contributed by atoms with van der Waals surface area (Å²) in [4.78, 5) is 12.7. The van der Waals surface area contributed by atoms with E-state index in [2.05, 4.69) is 5.32 Å². The molecule has 0 saturated heterocycles. The first-order chi connectivity index (χ1) is 13.6. The van der Waals surface area contributed by atoms with Crippen LogP contribution in [0.5, 0.6) is 5.75 Å². The highest BCUT2D eigenvalue weighted by Gasteiger charge is 2.18. The van der Waals surface area contributed by atoms with E-state index in [1.807, 2.05) is 48.5 Å². The lowest BCUT2D eigenvalue weighted by Gasteiger charge is -2.25. The number of fused-ring (bicyclic) bond motifs is 1. The van der Waals surface area contributed by atoms with Gasteiger partial charge in [-0.15, -0.1) is 0 Å². The van der Waals surface area contributed by atoms with Crippen LogP contribution in [-0.2, 0) is 0 Å². The largest absolute Gasteiger partial charge is 0.493 e. The Balaban J connectivity index is 1.46. The summed E-state index contributed by atoms with van der Waals surface area (Å²) in [6.45, 7) is 0.740. The molecule has 4 N–H and O–H groups in total. The average Bonchev–Trinajstić information content (AvgIpc) is 2.66. The molecule has 1 saturated carbocycles. The molecule has 4 rings (SSSR count). The lowest BCUT2D eigenvalue weighted by atomic mass is 9.86. The van der Waals surface area contributed by atoms with E-state index in [0.717, 1.165) is 23.1 Å². The first-order valence-electron chi connectivity index (χ1n) is 9.51. The second-order valence-electron chi connectivity index (χ2n) is 7.28. The van der Waals surface area contributed by atoms with E-state index in [9.17, 15) is 4.79 Å². The maximum atomic E-state index is 12.7. The van der Waals surface area contributed by atoms with E-state index >= 15 is 0 Å². The van der Waals surface area contributed by atoms with Gasteiger partial charge in [0.25, 0.3) is 5.91 Å². The molecule has 5 nitrogen and oxygen atoms in total. The van der Waals surface area contributed by atoms with E-state index in [1.54, 1.807) is 12.1 Å². The van der Waals surface area contributed by atoms with E-state index in [0.29, 0.717) is 22.7 Å². The molecule has 0 unspecified atom stereocenters. The number of ether oxygens (including phenoxy) is 1. The predicted octanol–water partition coefficient (Wildman–Crippen LogP) is 4.56. The number of carbonyl (C=O) groups excluding carboxylic acids is 1. The normalized spacial score (nSPS) is 13.7. The monoisotopic (exact) mass is 373 g/mol. The molecule has 1 fully saturated rings. The molecule has 1 aliphatic carbocycles. The lowest BCUT2D eigenvalue weighted by molar-refractivity contribution is 0.102. The number of amidine groups is 1. The van der Waals surface area contributed by atoms with Gasteiger partial charge in [-0.25, -0.2) is 0 Å². The number of anilines is 1. The fourth-order valence-electron chi connectivity index (χ4n) is 3.29. The van der Waals surface area contributed by atoms with Crippen molar-refractivity contribution in [3.8, 4) is 5.75 Å². The maximum absolute atomic E-state index is 12.7. The summed E-state index contributed by atoms with van der Waals surface area (Å²) in [6.07, 6.45) is 3.78.